The van der Waals surface area contributed by atoms with Crippen molar-refractivity contribution in [3.63, 3.8) is 0 Å². The molecule has 2 amide bonds. The quantitative estimate of drug-likeness (QED) is 0.295. The molecule has 1 aliphatic carbocycles. The van der Waals surface area contributed by atoms with Gasteiger partial charge in [0.25, 0.3) is 0 Å². The minimum Gasteiger partial charge on any atom is -0.352 e. The molecule has 7 nitrogen and oxygen atoms in total. The number of amides is 2. The van der Waals surface area contributed by atoms with Gasteiger partial charge in [0.1, 0.15) is 18.4 Å². The Balaban J connectivity index is 1.73. The summed E-state index contributed by atoms with van der Waals surface area (Å²) >= 11 is 0. The third-order valence-corrected chi connectivity index (χ3v) is 8.52. The number of hydrogen-bond donors (Lipinski definition) is 1. The summed E-state index contributed by atoms with van der Waals surface area (Å²) < 4.78 is 80.3. The molecule has 0 saturated heterocycles. The number of sulfonamides is 1. The number of alkyl halides is 3. The SMILES string of the molecule is CS(=O)(=O)N(CC(=O)N(Cc1ccc(F)cc1)[C@H](Cc1ccccc1)C(=O)NC1CCCC1)c1cccc(C(F)(F)F)c1. The summed E-state index contributed by atoms with van der Waals surface area (Å²) in [4.78, 5) is 29.0. The van der Waals surface area contributed by atoms with Gasteiger partial charge in [-0.15, -0.1) is 0 Å². The van der Waals surface area contributed by atoms with Crippen molar-refractivity contribution in [2.24, 2.45) is 0 Å². The molecule has 3 aromatic rings. The third kappa shape index (κ3) is 8.79. The zero-order valence-electron chi connectivity index (χ0n) is 23.6. The molecular weight excluding hydrogens is 586 g/mol. The van der Waals surface area contributed by atoms with Crippen molar-refractivity contribution in [1.82, 2.24) is 10.2 Å². The van der Waals surface area contributed by atoms with Gasteiger partial charge in [-0.25, -0.2) is 12.8 Å². The summed E-state index contributed by atoms with van der Waals surface area (Å²) in [6.07, 6.45) is -0.384. The number of halogens is 4. The first-order valence-electron chi connectivity index (χ1n) is 13.8. The minimum absolute atomic E-state index is 0.0776. The van der Waals surface area contributed by atoms with Gasteiger partial charge in [0, 0.05) is 19.0 Å². The van der Waals surface area contributed by atoms with E-state index in [4.69, 9.17) is 0 Å². The molecule has 1 fully saturated rings. The maximum absolute atomic E-state index is 14.0. The van der Waals surface area contributed by atoms with Crippen LogP contribution in [0.2, 0.25) is 0 Å². The lowest BCUT2D eigenvalue weighted by Gasteiger charge is -2.34. The molecule has 0 unspecified atom stereocenters. The lowest BCUT2D eigenvalue weighted by Crippen LogP contribution is -2.54. The normalized spacial score (nSPS) is 14.7. The molecule has 43 heavy (non-hydrogen) atoms. The Labute approximate surface area is 248 Å². The fourth-order valence-corrected chi connectivity index (χ4v) is 6.00. The van der Waals surface area contributed by atoms with Gasteiger partial charge in [0.05, 0.1) is 17.5 Å². The highest BCUT2D eigenvalue weighted by Gasteiger charge is 2.35. The molecule has 0 spiro atoms. The van der Waals surface area contributed by atoms with E-state index in [1.165, 1.54) is 35.2 Å². The second-order valence-corrected chi connectivity index (χ2v) is 12.6. The van der Waals surface area contributed by atoms with Gasteiger partial charge < -0.3 is 10.2 Å². The van der Waals surface area contributed by atoms with E-state index in [2.05, 4.69) is 5.32 Å². The summed E-state index contributed by atoms with van der Waals surface area (Å²) in [6, 6.07) is 16.8. The van der Waals surface area contributed by atoms with Crippen LogP contribution in [0.5, 0.6) is 0 Å². The first-order chi connectivity index (χ1) is 20.3. The van der Waals surface area contributed by atoms with Gasteiger partial charge in [-0.1, -0.05) is 61.4 Å². The molecule has 0 aliphatic heterocycles. The topological polar surface area (TPSA) is 86.8 Å². The highest BCUT2D eigenvalue weighted by molar-refractivity contribution is 7.92. The van der Waals surface area contributed by atoms with E-state index in [0.29, 0.717) is 15.9 Å². The summed E-state index contributed by atoms with van der Waals surface area (Å²) in [5.41, 5.74) is -0.204. The molecule has 4 rings (SSSR count). The first-order valence-corrected chi connectivity index (χ1v) is 15.7. The van der Waals surface area contributed by atoms with Crippen LogP contribution in [0.25, 0.3) is 0 Å². The number of nitrogens with one attached hydrogen (secondary N) is 1. The Morgan fingerprint density at radius 3 is 2.19 bits per heavy atom. The van der Waals surface area contributed by atoms with Crippen LogP contribution in [0.15, 0.2) is 78.9 Å². The van der Waals surface area contributed by atoms with Crippen LogP contribution in [-0.4, -0.2) is 50.0 Å². The van der Waals surface area contributed by atoms with Crippen LogP contribution in [0.1, 0.15) is 42.4 Å². The largest absolute Gasteiger partial charge is 0.416 e. The van der Waals surface area contributed by atoms with E-state index >= 15 is 0 Å². The second kappa shape index (κ2) is 13.6. The van der Waals surface area contributed by atoms with E-state index < -0.39 is 52.0 Å². The van der Waals surface area contributed by atoms with Crippen molar-refractivity contribution < 1.29 is 35.6 Å². The molecule has 0 radical (unpaired) electrons. The van der Waals surface area contributed by atoms with Crippen LogP contribution in [0.4, 0.5) is 23.2 Å². The van der Waals surface area contributed by atoms with Crippen molar-refractivity contribution in [3.8, 4) is 0 Å². The molecular formula is C31H33F4N3O4S. The lowest BCUT2D eigenvalue weighted by atomic mass is 10.0. The molecule has 0 aromatic heterocycles. The molecule has 1 aliphatic rings. The van der Waals surface area contributed by atoms with Gasteiger partial charge >= 0.3 is 6.18 Å². The van der Waals surface area contributed by atoms with Crippen LogP contribution in [0, 0.1) is 5.82 Å². The van der Waals surface area contributed by atoms with E-state index in [-0.39, 0.29) is 24.7 Å². The Morgan fingerprint density at radius 1 is 0.930 bits per heavy atom. The summed E-state index contributed by atoms with van der Waals surface area (Å²) in [5, 5.41) is 3.02. The molecule has 1 saturated carbocycles. The predicted molar refractivity (Wildman–Crippen MR) is 155 cm³/mol. The number of carbonyl (C=O) groups excluding carboxylic acids is 2. The number of benzene rings is 3. The van der Waals surface area contributed by atoms with Crippen molar-refractivity contribution >= 4 is 27.5 Å². The van der Waals surface area contributed by atoms with Gasteiger partial charge in [0.15, 0.2) is 0 Å². The van der Waals surface area contributed by atoms with Crippen LogP contribution >= 0.6 is 0 Å². The Bertz CT molecular complexity index is 1510. The maximum atomic E-state index is 14.0. The number of anilines is 1. The summed E-state index contributed by atoms with van der Waals surface area (Å²) in [5.74, 6) is -1.75. The third-order valence-electron chi connectivity index (χ3n) is 7.38. The molecule has 3 aromatic carbocycles. The van der Waals surface area contributed by atoms with Crippen molar-refractivity contribution in [2.45, 2.75) is 56.9 Å². The Kier molecular flexibility index (Phi) is 10.1. The fourth-order valence-electron chi connectivity index (χ4n) is 5.16. The number of rotatable bonds is 11. The van der Waals surface area contributed by atoms with Gasteiger partial charge in [0.2, 0.25) is 21.8 Å². The smallest absolute Gasteiger partial charge is 0.352 e. The van der Waals surface area contributed by atoms with E-state index in [1.807, 2.05) is 0 Å². The lowest BCUT2D eigenvalue weighted by molar-refractivity contribution is -0.140. The van der Waals surface area contributed by atoms with Crippen molar-refractivity contribution in [3.05, 3.63) is 101 Å². The highest BCUT2D eigenvalue weighted by Crippen LogP contribution is 2.32. The van der Waals surface area contributed by atoms with Crippen LogP contribution < -0.4 is 9.62 Å². The zero-order valence-corrected chi connectivity index (χ0v) is 24.4. The average Bonchev–Trinajstić information content (AvgIpc) is 3.47. The number of carbonyl (C=O) groups is 2. The van der Waals surface area contributed by atoms with Gasteiger partial charge in [-0.2, -0.15) is 13.2 Å². The Hall–Kier alpha value is -3.93. The predicted octanol–water partition coefficient (Wildman–Crippen LogP) is 5.31. The summed E-state index contributed by atoms with van der Waals surface area (Å²) in [6.45, 7) is -1.03. The van der Waals surface area contributed by atoms with Gasteiger partial charge in [-0.05, 0) is 54.3 Å². The average molecular weight is 620 g/mol. The maximum Gasteiger partial charge on any atom is 0.416 e. The highest BCUT2D eigenvalue weighted by atomic mass is 32.2. The standard InChI is InChI=1S/C31H33F4N3O4S/c1-43(41,42)38(27-13-7-10-24(19-27)31(33,34)35)21-29(39)37(20-23-14-16-25(32)17-15-23)28(18-22-8-3-2-4-9-22)30(40)36-26-11-5-6-12-26/h2-4,7-10,13-17,19,26,28H,5-6,11-12,18,20-21H2,1H3,(H,36,40)/t28-/m1/s1. The Morgan fingerprint density at radius 2 is 1.58 bits per heavy atom. The molecule has 230 valence electrons. The second-order valence-electron chi connectivity index (χ2n) is 10.7. The molecule has 1 atom stereocenters. The van der Waals surface area contributed by atoms with E-state index in [0.717, 1.165) is 49.6 Å². The fraction of sp³-hybridized carbons (Fsp3) is 0.355. The number of nitrogens with zero attached hydrogens (tertiary/aromatic N) is 2. The van der Waals surface area contributed by atoms with Crippen LogP contribution in [0.3, 0.4) is 0 Å². The van der Waals surface area contributed by atoms with Crippen LogP contribution in [-0.2, 0) is 38.8 Å². The number of hydrogen-bond acceptors (Lipinski definition) is 4. The van der Waals surface area contributed by atoms with Crippen molar-refractivity contribution in [1.29, 1.82) is 0 Å². The molecule has 0 bridgehead atoms. The molecule has 12 heteroatoms. The van der Waals surface area contributed by atoms with E-state index in [9.17, 15) is 35.6 Å². The zero-order chi connectivity index (χ0) is 31.2. The van der Waals surface area contributed by atoms with Gasteiger partial charge in [-0.3, -0.25) is 13.9 Å². The first kappa shape index (κ1) is 32.0. The molecule has 1 N–H and O–H groups in total. The monoisotopic (exact) mass is 619 g/mol. The van der Waals surface area contributed by atoms with Crippen molar-refractivity contribution in [2.75, 3.05) is 17.1 Å². The molecule has 0 heterocycles. The summed E-state index contributed by atoms with van der Waals surface area (Å²) in [7, 11) is -4.24. The van der Waals surface area contributed by atoms with E-state index in [1.54, 1.807) is 30.3 Å². The minimum atomic E-state index is -4.74.